The van der Waals surface area contributed by atoms with Gasteiger partial charge in [0, 0.05) is 10.6 Å². The number of thioether (sulfide) groups is 1. The first-order valence-electron chi connectivity index (χ1n) is 5.36. The molecule has 0 radical (unpaired) electrons. The van der Waals surface area contributed by atoms with Crippen molar-refractivity contribution in [2.75, 3.05) is 0 Å². The lowest BCUT2D eigenvalue weighted by molar-refractivity contribution is 0.108. The van der Waals surface area contributed by atoms with E-state index in [1.807, 2.05) is 6.07 Å². The van der Waals surface area contributed by atoms with Crippen molar-refractivity contribution in [3.8, 4) is 0 Å². The Bertz CT molecular complexity index is 525. The number of aliphatic hydroxyl groups is 1. The monoisotopic (exact) mass is 278 g/mol. The van der Waals surface area contributed by atoms with Crippen LogP contribution in [0.25, 0.3) is 0 Å². The zero-order chi connectivity index (χ0) is 13.0. The van der Waals surface area contributed by atoms with E-state index < -0.39 is 5.44 Å². The van der Waals surface area contributed by atoms with Gasteiger partial charge in [0.25, 0.3) is 0 Å². The van der Waals surface area contributed by atoms with Crippen LogP contribution in [0.3, 0.4) is 0 Å². The van der Waals surface area contributed by atoms with Crippen molar-refractivity contribution < 1.29 is 9.90 Å². The minimum atomic E-state index is -0.880. The molecule has 0 aliphatic carbocycles. The summed E-state index contributed by atoms with van der Waals surface area (Å²) in [6.07, 6.45) is 0. The van der Waals surface area contributed by atoms with Crippen LogP contribution >= 0.6 is 23.4 Å². The number of benzene rings is 2. The normalized spacial score (nSPS) is 12.1. The predicted octanol–water partition coefficient (Wildman–Crippen LogP) is 3.90. The summed E-state index contributed by atoms with van der Waals surface area (Å²) in [6, 6.07) is 15.7. The average Bonchev–Trinajstić information content (AvgIpc) is 2.40. The van der Waals surface area contributed by atoms with Gasteiger partial charge >= 0.3 is 0 Å². The molecule has 2 nitrogen and oxygen atoms in total. The lowest BCUT2D eigenvalue weighted by Gasteiger charge is -2.09. The quantitative estimate of drug-likeness (QED) is 0.865. The van der Waals surface area contributed by atoms with Crippen LogP contribution in [0.4, 0.5) is 0 Å². The summed E-state index contributed by atoms with van der Waals surface area (Å²) >= 11 is 6.65. The topological polar surface area (TPSA) is 37.3 Å². The molecule has 0 saturated heterocycles. The van der Waals surface area contributed by atoms with E-state index in [1.165, 1.54) is 0 Å². The maximum atomic E-state index is 11.9. The summed E-state index contributed by atoms with van der Waals surface area (Å²) in [5, 5.41) is 10.4. The molecule has 92 valence electrons. The summed E-state index contributed by atoms with van der Waals surface area (Å²) in [4.78, 5) is 11.9. The first-order valence-corrected chi connectivity index (χ1v) is 6.62. The fourth-order valence-electron chi connectivity index (χ4n) is 1.44. The van der Waals surface area contributed by atoms with Crippen LogP contribution in [0.1, 0.15) is 21.4 Å². The third-order valence-electron chi connectivity index (χ3n) is 2.38. The number of carbonyl (C=O) groups excluding carboxylic acids is 1. The van der Waals surface area contributed by atoms with Gasteiger partial charge in [0.15, 0.2) is 0 Å². The Morgan fingerprint density at radius 1 is 1.06 bits per heavy atom. The highest BCUT2D eigenvalue weighted by atomic mass is 35.5. The Labute approximate surface area is 115 Å². The van der Waals surface area contributed by atoms with Gasteiger partial charge in [-0.1, -0.05) is 54.1 Å². The molecule has 1 unspecified atom stereocenters. The fraction of sp³-hybridized carbons (Fsp3) is 0.0714. The van der Waals surface area contributed by atoms with E-state index in [1.54, 1.807) is 48.5 Å². The van der Waals surface area contributed by atoms with Crippen molar-refractivity contribution >= 4 is 28.5 Å². The van der Waals surface area contributed by atoms with Crippen LogP contribution in [-0.2, 0) is 0 Å². The molecule has 0 heterocycles. The molecule has 0 spiro atoms. The van der Waals surface area contributed by atoms with Gasteiger partial charge < -0.3 is 5.11 Å². The van der Waals surface area contributed by atoms with E-state index in [0.717, 1.165) is 11.8 Å². The van der Waals surface area contributed by atoms with Gasteiger partial charge in [-0.05, 0) is 29.5 Å². The highest BCUT2D eigenvalue weighted by Crippen LogP contribution is 2.29. The first-order chi connectivity index (χ1) is 8.66. The van der Waals surface area contributed by atoms with Crippen LogP contribution in [-0.4, -0.2) is 10.2 Å². The number of hydrogen-bond acceptors (Lipinski definition) is 3. The fourth-order valence-corrected chi connectivity index (χ4v) is 2.33. The van der Waals surface area contributed by atoms with Crippen LogP contribution in [0.5, 0.6) is 0 Å². The number of hydrogen-bond donors (Lipinski definition) is 1. The Morgan fingerprint density at radius 2 is 1.67 bits per heavy atom. The van der Waals surface area contributed by atoms with Crippen molar-refractivity contribution in [3.63, 3.8) is 0 Å². The van der Waals surface area contributed by atoms with E-state index in [4.69, 9.17) is 11.6 Å². The van der Waals surface area contributed by atoms with Crippen molar-refractivity contribution in [1.82, 2.24) is 0 Å². The summed E-state index contributed by atoms with van der Waals surface area (Å²) in [7, 11) is 0. The predicted molar refractivity (Wildman–Crippen MR) is 74.8 cm³/mol. The second-order valence-electron chi connectivity index (χ2n) is 3.68. The van der Waals surface area contributed by atoms with E-state index in [0.29, 0.717) is 16.1 Å². The average molecular weight is 279 g/mol. The van der Waals surface area contributed by atoms with E-state index in [2.05, 4.69) is 0 Å². The molecular weight excluding hydrogens is 268 g/mol. The van der Waals surface area contributed by atoms with Gasteiger partial charge in [-0.3, -0.25) is 4.79 Å². The second-order valence-corrected chi connectivity index (χ2v) is 5.16. The molecule has 18 heavy (non-hydrogen) atoms. The van der Waals surface area contributed by atoms with E-state index in [-0.39, 0.29) is 5.12 Å². The summed E-state index contributed by atoms with van der Waals surface area (Å²) in [5.41, 5.74) is 0.360. The molecule has 0 aliphatic rings. The van der Waals surface area contributed by atoms with Crippen molar-refractivity contribution in [2.45, 2.75) is 5.44 Å². The van der Waals surface area contributed by atoms with Gasteiger partial charge in [0.05, 0.1) is 0 Å². The molecule has 1 atom stereocenters. The molecule has 1 N–H and O–H groups in total. The number of halogens is 1. The SMILES string of the molecule is O=C(SC(O)c1ccc(Cl)cc1)c1ccccc1. The third kappa shape index (κ3) is 3.35. The molecule has 4 heteroatoms. The van der Waals surface area contributed by atoms with Crippen LogP contribution in [0, 0.1) is 0 Å². The largest absolute Gasteiger partial charge is 0.378 e. The van der Waals surface area contributed by atoms with E-state index >= 15 is 0 Å². The minimum Gasteiger partial charge on any atom is -0.378 e. The highest BCUT2D eigenvalue weighted by Gasteiger charge is 2.14. The molecule has 0 aromatic heterocycles. The van der Waals surface area contributed by atoms with Crippen LogP contribution in [0.2, 0.25) is 5.02 Å². The molecule has 0 aliphatic heterocycles. The third-order valence-corrected chi connectivity index (χ3v) is 3.58. The van der Waals surface area contributed by atoms with Crippen molar-refractivity contribution in [2.24, 2.45) is 0 Å². The van der Waals surface area contributed by atoms with Gasteiger partial charge in [-0.15, -0.1) is 0 Å². The Hall–Kier alpha value is -1.29. The van der Waals surface area contributed by atoms with Gasteiger partial charge in [0.1, 0.15) is 5.44 Å². The lowest BCUT2D eigenvalue weighted by atomic mass is 10.2. The Balaban J connectivity index is 2.06. The molecule has 2 aromatic rings. The molecule has 2 rings (SSSR count). The van der Waals surface area contributed by atoms with Gasteiger partial charge in [0.2, 0.25) is 5.12 Å². The molecule has 0 amide bonds. The van der Waals surface area contributed by atoms with E-state index in [9.17, 15) is 9.90 Å². The minimum absolute atomic E-state index is 0.155. The zero-order valence-corrected chi connectivity index (χ0v) is 11.0. The zero-order valence-electron chi connectivity index (χ0n) is 9.42. The first kappa shape index (κ1) is 13.1. The molecule has 0 fully saturated rings. The second kappa shape index (κ2) is 6.05. The Morgan fingerprint density at radius 3 is 2.28 bits per heavy atom. The number of carbonyl (C=O) groups is 1. The highest BCUT2D eigenvalue weighted by molar-refractivity contribution is 8.14. The lowest BCUT2D eigenvalue weighted by Crippen LogP contribution is -1.99. The number of aliphatic hydroxyl groups excluding tert-OH is 1. The van der Waals surface area contributed by atoms with Crippen molar-refractivity contribution in [3.05, 3.63) is 70.7 Å². The van der Waals surface area contributed by atoms with Gasteiger partial charge in [-0.25, -0.2) is 0 Å². The molecule has 0 saturated carbocycles. The summed E-state index contributed by atoms with van der Waals surface area (Å²) < 4.78 is 0. The standard InChI is InChI=1S/C14H11ClO2S/c15-12-8-6-11(7-9-12)14(17)18-13(16)10-4-2-1-3-5-10/h1-9,14,17H. The smallest absolute Gasteiger partial charge is 0.222 e. The molecule has 2 aromatic carbocycles. The van der Waals surface area contributed by atoms with Crippen molar-refractivity contribution in [1.29, 1.82) is 0 Å². The Kier molecular flexibility index (Phi) is 4.42. The molecule has 0 bridgehead atoms. The number of rotatable bonds is 3. The van der Waals surface area contributed by atoms with Crippen LogP contribution < -0.4 is 0 Å². The van der Waals surface area contributed by atoms with Gasteiger partial charge in [-0.2, -0.15) is 0 Å². The molecular formula is C14H11ClO2S. The maximum absolute atomic E-state index is 11.9. The van der Waals surface area contributed by atoms with Crippen LogP contribution in [0.15, 0.2) is 54.6 Å². The summed E-state index contributed by atoms with van der Waals surface area (Å²) in [6.45, 7) is 0. The summed E-state index contributed by atoms with van der Waals surface area (Å²) in [5.74, 6) is 0. The maximum Gasteiger partial charge on any atom is 0.222 e.